The summed E-state index contributed by atoms with van der Waals surface area (Å²) in [6.07, 6.45) is 5.67. The normalized spacial score (nSPS) is 34.5. The van der Waals surface area contributed by atoms with E-state index < -0.39 is 5.54 Å². The van der Waals surface area contributed by atoms with Crippen molar-refractivity contribution in [2.75, 3.05) is 13.2 Å². The van der Waals surface area contributed by atoms with Gasteiger partial charge in [-0.1, -0.05) is 33.6 Å². The highest BCUT2D eigenvalue weighted by Gasteiger charge is 2.62. The molecule has 0 radical (unpaired) electrons. The molecule has 3 N–H and O–H groups in total. The van der Waals surface area contributed by atoms with Gasteiger partial charge in [0.1, 0.15) is 5.54 Å². The molecule has 2 unspecified atom stereocenters. The monoisotopic (exact) mass is 282 g/mol. The Morgan fingerprint density at radius 3 is 2.40 bits per heavy atom. The van der Waals surface area contributed by atoms with Crippen LogP contribution < -0.4 is 11.1 Å². The van der Waals surface area contributed by atoms with Gasteiger partial charge in [-0.3, -0.25) is 4.79 Å². The van der Waals surface area contributed by atoms with E-state index in [4.69, 9.17) is 10.5 Å². The molecule has 116 valence electrons. The quantitative estimate of drug-likeness (QED) is 0.812. The van der Waals surface area contributed by atoms with Gasteiger partial charge < -0.3 is 15.8 Å². The first-order chi connectivity index (χ1) is 9.25. The van der Waals surface area contributed by atoms with E-state index in [1.54, 1.807) is 0 Å². The Hall–Kier alpha value is -0.610. The Morgan fingerprint density at radius 2 is 1.90 bits per heavy atom. The number of hydrogen-bond donors (Lipinski definition) is 2. The molecule has 2 fully saturated rings. The maximum absolute atomic E-state index is 12.5. The predicted molar refractivity (Wildman–Crippen MR) is 80.3 cm³/mol. The highest BCUT2D eigenvalue weighted by molar-refractivity contribution is 5.88. The van der Waals surface area contributed by atoms with Crippen LogP contribution in [0.2, 0.25) is 0 Å². The summed E-state index contributed by atoms with van der Waals surface area (Å²) in [6, 6.07) is 0. The predicted octanol–water partition coefficient (Wildman–Crippen LogP) is 2.22. The molecular weight excluding hydrogens is 252 g/mol. The molecular formula is C16H30N2O2. The average molecular weight is 282 g/mol. The largest absolute Gasteiger partial charge is 0.378 e. The number of rotatable bonds is 5. The lowest BCUT2D eigenvalue weighted by atomic mass is 9.54. The Kier molecular flexibility index (Phi) is 4.18. The zero-order valence-electron chi connectivity index (χ0n) is 13.4. The summed E-state index contributed by atoms with van der Waals surface area (Å²) in [6.45, 7) is 9.73. The maximum Gasteiger partial charge on any atom is 0.240 e. The number of nitrogens with one attached hydrogen (secondary N) is 1. The molecule has 4 heteroatoms. The van der Waals surface area contributed by atoms with E-state index in [1.807, 2.05) is 20.8 Å². The standard InChI is InChI=1S/C16H30N2O2/c1-5-20-12-10-16(17,14(12,2)3)13(19)18-11-15(4)8-6-7-9-15/h12H,5-11,17H2,1-4H3,(H,18,19). The van der Waals surface area contributed by atoms with Crippen molar-refractivity contribution in [3.8, 4) is 0 Å². The van der Waals surface area contributed by atoms with E-state index in [2.05, 4.69) is 12.2 Å². The van der Waals surface area contributed by atoms with Crippen LogP contribution in [0, 0.1) is 10.8 Å². The lowest BCUT2D eigenvalue weighted by molar-refractivity contribution is -0.171. The van der Waals surface area contributed by atoms with E-state index in [9.17, 15) is 4.79 Å². The molecule has 0 aromatic carbocycles. The van der Waals surface area contributed by atoms with E-state index in [0.29, 0.717) is 13.0 Å². The molecule has 0 spiro atoms. The van der Waals surface area contributed by atoms with Crippen LogP contribution in [-0.4, -0.2) is 30.7 Å². The summed E-state index contributed by atoms with van der Waals surface area (Å²) in [5, 5.41) is 3.11. The fourth-order valence-corrected chi connectivity index (χ4v) is 3.68. The molecule has 0 aromatic heterocycles. The first kappa shape index (κ1) is 15.8. The van der Waals surface area contributed by atoms with Crippen molar-refractivity contribution in [2.24, 2.45) is 16.6 Å². The van der Waals surface area contributed by atoms with Crippen molar-refractivity contribution in [3.05, 3.63) is 0 Å². The second-order valence-corrected chi connectivity index (χ2v) is 7.54. The van der Waals surface area contributed by atoms with Crippen molar-refractivity contribution in [1.82, 2.24) is 5.32 Å². The second-order valence-electron chi connectivity index (χ2n) is 7.54. The summed E-state index contributed by atoms with van der Waals surface area (Å²) >= 11 is 0. The molecule has 0 saturated heterocycles. The minimum atomic E-state index is -0.790. The van der Waals surface area contributed by atoms with Crippen LogP contribution >= 0.6 is 0 Å². The zero-order chi connectivity index (χ0) is 15.0. The number of amides is 1. The van der Waals surface area contributed by atoms with Gasteiger partial charge in [0.25, 0.3) is 0 Å². The number of ether oxygens (including phenoxy) is 1. The van der Waals surface area contributed by atoms with Crippen molar-refractivity contribution < 1.29 is 9.53 Å². The molecule has 0 aliphatic heterocycles. The van der Waals surface area contributed by atoms with Crippen LogP contribution in [0.15, 0.2) is 0 Å². The first-order valence-electron chi connectivity index (χ1n) is 7.94. The number of hydrogen-bond acceptors (Lipinski definition) is 3. The van der Waals surface area contributed by atoms with Crippen LogP contribution in [0.3, 0.4) is 0 Å². The van der Waals surface area contributed by atoms with E-state index in [0.717, 1.165) is 6.54 Å². The van der Waals surface area contributed by atoms with E-state index in [-0.39, 0.29) is 22.8 Å². The molecule has 2 aliphatic carbocycles. The van der Waals surface area contributed by atoms with Crippen LogP contribution in [0.25, 0.3) is 0 Å². The fraction of sp³-hybridized carbons (Fsp3) is 0.938. The van der Waals surface area contributed by atoms with Gasteiger partial charge >= 0.3 is 0 Å². The van der Waals surface area contributed by atoms with E-state index >= 15 is 0 Å². The Bertz CT molecular complexity index is 375. The Morgan fingerprint density at radius 1 is 1.30 bits per heavy atom. The van der Waals surface area contributed by atoms with Crippen molar-refractivity contribution in [1.29, 1.82) is 0 Å². The van der Waals surface area contributed by atoms with Gasteiger partial charge in [0, 0.05) is 25.0 Å². The van der Waals surface area contributed by atoms with Gasteiger partial charge in [0.15, 0.2) is 0 Å². The van der Waals surface area contributed by atoms with Crippen molar-refractivity contribution in [2.45, 2.75) is 71.4 Å². The summed E-state index contributed by atoms with van der Waals surface area (Å²) in [5.41, 5.74) is 5.55. The molecule has 2 aliphatic rings. The molecule has 1 amide bonds. The molecule has 0 bridgehead atoms. The summed E-state index contributed by atoms with van der Waals surface area (Å²) in [4.78, 5) is 12.5. The third-order valence-electron chi connectivity index (χ3n) is 5.72. The van der Waals surface area contributed by atoms with Crippen molar-refractivity contribution in [3.63, 3.8) is 0 Å². The summed E-state index contributed by atoms with van der Waals surface area (Å²) < 4.78 is 5.68. The topological polar surface area (TPSA) is 64.3 Å². The molecule has 0 aromatic rings. The highest BCUT2D eigenvalue weighted by atomic mass is 16.5. The Balaban J connectivity index is 1.92. The molecule has 4 nitrogen and oxygen atoms in total. The van der Waals surface area contributed by atoms with Gasteiger partial charge in [-0.05, 0) is 25.2 Å². The highest BCUT2D eigenvalue weighted by Crippen LogP contribution is 2.50. The smallest absolute Gasteiger partial charge is 0.240 e. The molecule has 20 heavy (non-hydrogen) atoms. The van der Waals surface area contributed by atoms with Crippen LogP contribution in [0.5, 0.6) is 0 Å². The van der Waals surface area contributed by atoms with Crippen LogP contribution in [0.1, 0.15) is 59.8 Å². The Labute approximate surface area is 122 Å². The first-order valence-corrected chi connectivity index (χ1v) is 7.94. The number of carbonyl (C=O) groups is 1. The van der Waals surface area contributed by atoms with Gasteiger partial charge in [0.05, 0.1) is 6.10 Å². The van der Waals surface area contributed by atoms with Crippen LogP contribution in [0.4, 0.5) is 0 Å². The lowest BCUT2D eigenvalue weighted by Crippen LogP contribution is -2.76. The molecule has 2 saturated carbocycles. The van der Waals surface area contributed by atoms with Crippen molar-refractivity contribution >= 4 is 5.91 Å². The zero-order valence-corrected chi connectivity index (χ0v) is 13.4. The summed E-state index contributed by atoms with van der Waals surface area (Å²) in [5.74, 6) is -0.00780. The second kappa shape index (κ2) is 5.30. The third-order valence-corrected chi connectivity index (χ3v) is 5.72. The van der Waals surface area contributed by atoms with Gasteiger partial charge in [0.2, 0.25) is 5.91 Å². The van der Waals surface area contributed by atoms with Gasteiger partial charge in [-0.15, -0.1) is 0 Å². The third kappa shape index (κ3) is 2.48. The molecule has 0 heterocycles. The number of nitrogens with two attached hydrogens (primary N) is 1. The van der Waals surface area contributed by atoms with Gasteiger partial charge in [-0.25, -0.2) is 0 Å². The number of carbonyl (C=O) groups excluding carboxylic acids is 1. The SMILES string of the molecule is CCOC1CC(N)(C(=O)NCC2(C)CCCC2)C1(C)C. The van der Waals surface area contributed by atoms with Crippen LogP contribution in [-0.2, 0) is 9.53 Å². The van der Waals surface area contributed by atoms with Gasteiger partial charge in [-0.2, -0.15) is 0 Å². The summed E-state index contributed by atoms with van der Waals surface area (Å²) in [7, 11) is 0. The van der Waals surface area contributed by atoms with E-state index in [1.165, 1.54) is 25.7 Å². The average Bonchev–Trinajstić information content (AvgIpc) is 2.83. The maximum atomic E-state index is 12.5. The minimum Gasteiger partial charge on any atom is -0.378 e. The molecule has 2 atom stereocenters. The lowest BCUT2D eigenvalue weighted by Gasteiger charge is -2.57. The fourth-order valence-electron chi connectivity index (χ4n) is 3.68. The molecule has 2 rings (SSSR count). The minimum absolute atomic E-state index is 0.00780.